The van der Waals surface area contributed by atoms with Gasteiger partial charge in [-0.2, -0.15) is 0 Å². The molecule has 0 spiro atoms. The van der Waals surface area contributed by atoms with Gasteiger partial charge < -0.3 is 9.84 Å². The Hall–Kier alpha value is -2.60. The van der Waals surface area contributed by atoms with Gasteiger partial charge in [0.1, 0.15) is 11.6 Å². The number of hydrogen-bond donors (Lipinski definition) is 1. The molecule has 6 heteroatoms. The van der Waals surface area contributed by atoms with Crippen molar-refractivity contribution in [2.24, 2.45) is 0 Å². The third kappa shape index (κ3) is 4.02. The third-order valence-electron chi connectivity index (χ3n) is 3.28. The van der Waals surface area contributed by atoms with Crippen molar-refractivity contribution in [3.63, 3.8) is 0 Å². The molecule has 1 aromatic heterocycles. The van der Waals surface area contributed by atoms with Crippen LogP contribution in [0.15, 0.2) is 64.0 Å². The topological polar surface area (TPSA) is 55.1 Å². The van der Waals surface area contributed by atoms with E-state index in [1.807, 2.05) is 31.2 Å². The number of aryl methyl sites for hydroxylation is 1. The summed E-state index contributed by atoms with van der Waals surface area (Å²) in [7, 11) is 0. The highest BCUT2D eigenvalue weighted by Gasteiger charge is 2.13. The summed E-state index contributed by atoms with van der Waals surface area (Å²) in [5.41, 5.74) is 1.93. The maximum absolute atomic E-state index is 12.9. The molecule has 0 fully saturated rings. The number of benzene rings is 2. The molecule has 0 saturated carbocycles. The Kier molecular flexibility index (Phi) is 4.96. The van der Waals surface area contributed by atoms with Crippen LogP contribution in [-0.2, 0) is 5.75 Å². The van der Waals surface area contributed by atoms with Crippen molar-refractivity contribution in [1.82, 2.24) is 5.16 Å². The standard InChI is InChI=1S/C18H15FN2O2S/c1-12-10-15(23-21-12)11-24-17-5-3-2-4-16(17)18(22)20-14-8-6-13(19)7-9-14/h2-10H,11H2,1H3,(H,20,22). The second-order valence-electron chi connectivity index (χ2n) is 5.18. The van der Waals surface area contributed by atoms with E-state index in [1.165, 1.54) is 36.0 Å². The number of nitrogens with zero attached hydrogens (tertiary/aromatic N) is 1. The fraction of sp³-hybridized carbons (Fsp3) is 0.111. The Morgan fingerprint density at radius 2 is 1.96 bits per heavy atom. The van der Waals surface area contributed by atoms with E-state index in [9.17, 15) is 9.18 Å². The summed E-state index contributed by atoms with van der Waals surface area (Å²) in [6.45, 7) is 1.86. The zero-order valence-corrected chi connectivity index (χ0v) is 13.8. The minimum atomic E-state index is -0.341. The summed E-state index contributed by atoms with van der Waals surface area (Å²) < 4.78 is 18.1. The first kappa shape index (κ1) is 16.3. The Bertz CT molecular complexity index is 846. The number of carbonyl (C=O) groups excluding carboxylic acids is 1. The molecule has 0 aliphatic carbocycles. The van der Waals surface area contributed by atoms with E-state index in [0.29, 0.717) is 17.0 Å². The monoisotopic (exact) mass is 342 g/mol. The summed E-state index contributed by atoms with van der Waals surface area (Å²) in [6, 6.07) is 14.9. The largest absolute Gasteiger partial charge is 0.360 e. The Labute approximate surface area is 143 Å². The number of nitrogens with one attached hydrogen (secondary N) is 1. The van der Waals surface area contributed by atoms with Crippen molar-refractivity contribution < 1.29 is 13.7 Å². The smallest absolute Gasteiger partial charge is 0.256 e. The predicted molar refractivity (Wildman–Crippen MR) is 91.6 cm³/mol. The van der Waals surface area contributed by atoms with E-state index in [2.05, 4.69) is 10.5 Å². The van der Waals surface area contributed by atoms with E-state index >= 15 is 0 Å². The molecular formula is C18H15FN2O2S. The molecule has 1 N–H and O–H groups in total. The summed E-state index contributed by atoms with van der Waals surface area (Å²) in [4.78, 5) is 13.3. The Balaban J connectivity index is 1.72. The van der Waals surface area contributed by atoms with Crippen LogP contribution in [0.3, 0.4) is 0 Å². The predicted octanol–water partition coefficient (Wildman–Crippen LogP) is 4.67. The highest BCUT2D eigenvalue weighted by molar-refractivity contribution is 7.98. The second-order valence-corrected chi connectivity index (χ2v) is 6.20. The van der Waals surface area contributed by atoms with E-state index in [4.69, 9.17) is 4.52 Å². The van der Waals surface area contributed by atoms with Crippen molar-refractivity contribution in [3.05, 3.63) is 77.4 Å². The Morgan fingerprint density at radius 3 is 2.67 bits per heavy atom. The number of amides is 1. The van der Waals surface area contributed by atoms with Crippen LogP contribution < -0.4 is 5.32 Å². The molecule has 1 amide bonds. The summed E-state index contributed by atoms with van der Waals surface area (Å²) in [6.07, 6.45) is 0. The fourth-order valence-corrected chi connectivity index (χ4v) is 3.07. The second kappa shape index (κ2) is 7.31. The zero-order chi connectivity index (χ0) is 16.9. The maximum Gasteiger partial charge on any atom is 0.256 e. The molecule has 3 aromatic rings. The molecule has 0 unspecified atom stereocenters. The van der Waals surface area contributed by atoms with Crippen LogP contribution in [0.4, 0.5) is 10.1 Å². The van der Waals surface area contributed by atoms with Gasteiger partial charge in [0, 0.05) is 16.6 Å². The lowest BCUT2D eigenvalue weighted by atomic mass is 10.2. The molecule has 0 atom stereocenters. The van der Waals surface area contributed by atoms with Crippen molar-refractivity contribution in [1.29, 1.82) is 0 Å². The van der Waals surface area contributed by atoms with Crippen LogP contribution >= 0.6 is 11.8 Å². The normalized spacial score (nSPS) is 10.6. The van der Waals surface area contributed by atoms with Gasteiger partial charge in [-0.1, -0.05) is 17.3 Å². The fourth-order valence-electron chi connectivity index (χ4n) is 2.14. The number of aromatic nitrogens is 1. The maximum atomic E-state index is 12.9. The van der Waals surface area contributed by atoms with Gasteiger partial charge >= 0.3 is 0 Å². The van der Waals surface area contributed by atoms with Crippen LogP contribution in [-0.4, -0.2) is 11.1 Å². The van der Waals surface area contributed by atoms with Crippen LogP contribution in [0.1, 0.15) is 21.8 Å². The summed E-state index contributed by atoms with van der Waals surface area (Å²) >= 11 is 1.50. The minimum absolute atomic E-state index is 0.238. The van der Waals surface area contributed by atoms with Crippen molar-refractivity contribution in [2.75, 3.05) is 5.32 Å². The van der Waals surface area contributed by atoms with Gasteiger partial charge in [-0.05, 0) is 43.3 Å². The van der Waals surface area contributed by atoms with Crippen LogP contribution in [0.2, 0.25) is 0 Å². The molecule has 122 valence electrons. The lowest BCUT2D eigenvalue weighted by molar-refractivity contribution is 0.102. The molecule has 0 radical (unpaired) electrons. The van der Waals surface area contributed by atoms with Gasteiger partial charge in [-0.15, -0.1) is 11.8 Å². The first-order valence-corrected chi connectivity index (χ1v) is 8.31. The first-order valence-electron chi connectivity index (χ1n) is 7.33. The minimum Gasteiger partial charge on any atom is -0.360 e. The van der Waals surface area contributed by atoms with E-state index in [-0.39, 0.29) is 11.7 Å². The van der Waals surface area contributed by atoms with Gasteiger partial charge in [-0.3, -0.25) is 4.79 Å². The van der Waals surface area contributed by atoms with Gasteiger partial charge in [0.15, 0.2) is 0 Å². The van der Waals surface area contributed by atoms with Crippen molar-refractivity contribution in [3.8, 4) is 0 Å². The lowest BCUT2D eigenvalue weighted by Crippen LogP contribution is -2.12. The van der Waals surface area contributed by atoms with Crippen molar-refractivity contribution >= 4 is 23.4 Å². The number of carbonyl (C=O) groups is 1. The number of thioether (sulfide) groups is 1. The summed E-state index contributed by atoms with van der Waals surface area (Å²) in [5, 5.41) is 6.62. The van der Waals surface area contributed by atoms with Crippen molar-refractivity contribution in [2.45, 2.75) is 17.6 Å². The van der Waals surface area contributed by atoms with Gasteiger partial charge in [0.25, 0.3) is 5.91 Å². The van der Waals surface area contributed by atoms with Crippen LogP contribution in [0.5, 0.6) is 0 Å². The number of anilines is 1. The molecule has 24 heavy (non-hydrogen) atoms. The lowest BCUT2D eigenvalue weighted by Gasteiger charge is -2.09. The average molecular weight is 342 g/mol. The number of rotatable bonds is 5. The van der Waals surface area contributed by atoms with E-state index in [1.54, 1.807) is 6.07 Å². The highest BCUT2D eigenvalue weighted by atomic mass is 32.2. The molecule has 0 aliphatic heterocycles. The number of hydrogen-bond acceptors (Lipinski definition) is 4. The molecule has 3 rings (SSSR count). The first-order chi connectivity index (χ1) is 11.6. The molecule has 0 bridgehead atoms. The van der Waals surface area contributed by atoms with Crippen LogP contribution in [0.25, 0.3) is 0 Å². The summed E-state index contributed by atoms with van der Waals surface area (Å²) in [5.74, 6) is 0.762. The van der Waals surface area contributed by atoms with E-state index in [0.717, 1.165) is 16.3 Å². The average Bonchev–Trinajstić information content (AvgIpc) is 3.01. The molecule has 0 saturated heterocycles. The third-order valence-corrected chi connectivity index (χ3v) is 4.38. The Morgan fingerprint density at radius 1 is 1.21 bits per heavy atom. The molecule has 4 nitrogen and oxygen atoms in total. The highest BCUT2D eigenvalue weighted by Crippen LogP contribution is 2.27. The van der Waals surface area contributed by atoms with Gasteiger partial charge in [0.05, 0.1) is 17.0 Å². The van der Waals surface area contributed by atoms with Gasteiger partial charge in [0.2, 0.25) is 0 Å². The number of halogens is 1. The SMILES string of the molecule is Cc1cc(CSc2ccccc2C(=O)Nc2ccc(F)cc2)on1. The van der Waals surface area contributed by atoms with Gasteiger partial charge in [-0.25, -0.2) is 4.39 Å². The quantitative estimate of drug-likeness (QED) is 0.685. The van der Waals surface area contributed by atoms with E-state index < -0.39 is 0 Å². The zero-order valence-electron chi connectivity index (χ0n) is 13.0. The molecule has 2 aromatic carbocycles. The molecule has 0 aliphatic rings. The molecule has 1 heterocycles. The van der Waals surface area contributed by atoms with Crippen LogP contribution in [0, 0.1) is 12.7 Å². The molecular weight excluding hydrogens is 327 g/mol.